The Kier molecular flexibility index (Phi) is 4.98. The molecule has 0 aromatic heterocycles. The van der Waals surface area contributed by atoms with Gasteiger partial charge in [0.1, 0.15) is 5.75 Å². The molecule has 0 aliphatic carbocycles. The van der Waals surface area contributed by atoms with Gasteiger partial charge in [-0.25, -0.2) is 13.1 Å². The number of nitrogens with one attached hydrogen (secondary N) is 2. The summed E-state index contributed by atoms with van der Waals surface area (Å²) in [6.07, 6.45) is 1.14. The van der Waals surface area contributed by atoms with Crippen LogP contribution in [0.5, 0.6) is 5.75 Å². The molecule has 0 fully saturated rings. The van der Waals surface area contributed by atoms with Gasteiger partial charge in [-0.15, -0.1) is 0 Å². The van der Waals surface area contributed by atoms with E-state index in [9.17, 15) is 8.42 Å². The smallest absolute Gasteiger partial charge is 0.209 e. The van der Waals surface area contributed by atoms with Crippen molar-refractivity contribution in [1.29, 1.82) is 0 Å². The quantitative estimate of drug-likeness (QED) is 0.825. The standard InChI is InChI=1S/C12H20N2O3S/c1-9(2)14-11-7-10(5-6-12(11)17-3)8-13-18(4,15)16/h5-7,9,13-14H,8H2,1-4H3. The van der Waals surface area contributed by atoms with E-state index in [0.29, 0.717) is 0 Å². The lowest BCUT2D eigenvalue weighted by atomic mass is 10.1. The largest absolute Gasteiger partial charge is 0.495 e. The van der Waals surface area contributed by atoms with Crippen LogP contribution in [0.25, 0.3) is 0 Å². The molecule has 0 amide bonds. The lowest BCUT2D eigenvalue weighted by Crippen LogP contribution is -2.21. The van der Waals surface area contributed by atoms with Gasteiger partial charge < -0.3 is 10.1 Å². The zero-order valence-corrected chi connectivity index (χ0v) is 12.0. The van der Waals surface area contributed by atoms with Crippen LogP contribution in [0.1, 0.15) is 19.4 Å². The molecule has 0 atom stereocenters. The number of ether oxygens (including phenoxy) is 1. The molecule has 6 heteroatoms. The summed E-state index contributed by atoms with van der Waals surface area (Å²) in [5, 5.41) is 3.26. The Morgan fingerprint density at radius 3 is 2.50 bits per heavy atom. The van der Waals surface area contributed by atoms with Gasteiger partial charge in [0.15, 0.2) is 0 Å². The normalized spacial score (nSPS) is 11.6. The van der Waals surface area contributed by atoms with Crippen LogP contribution in [0.15, 0.2) is 18.2 Å². The monoisotopic (exact) mass is 272 g/mol. The summed E-state index contributed by atoms with van der Waals surface area (Å²) in [4.78, 5) is 0. The fourth-order valence-corrected chi connectivity index (χ4v) is 1.93. The van der Waals surface area contributed by atoms with Crippen molar-refractivity contribution in [2.24, 2.45) is 0 Å². The molecule has 1 aromatic carbocycles. The van der Waals surface area contributed by atoms with Crippen molar-refractivity contribution in [3.8, 4) is 5.75 Å². The first-order valence-corrected chi connectivity index (χ1v) is 7.59. The van der Waals surface area contributed by atoms with E-state index < -0.39 is 10.0 Å². The molecule has 0 bridgehead atoms. The van der Waals surface area contributed by atoms with E-state index >= 15 is 0 Å². The van der Waals surface area contributed by atoms with Crippen molar-refractivity contribution in [2.45, 2.75) is 26.4 Å². The number of methoxy groups -OCH3 is 1. The summed E-state index contributed by atoms with van der Waals surface area (Å²) in [6.45, 7) is 4.33. The van der Waals surface area contributed by atoms with E-state index in [1.165, 1.54) is 0 Å². The number of benzene rings is 1. The summed E-state index contributed by atoms with van der Waals surface area (Å²) < 4.78 is 29.8. The molecule has 102 valence electrons. The zero-order chi connectivity index (χ0) is 13.8. The van der Waals surface area contributed by atoms with Gasteiger partial charge in [0.05, 0.1) is 19.1 Å². The van der Waals surface area contributed by atoms with Crippen molar-refractivity contribution >= 4 is 15.7 Å². The first-order valence-electron chi connectivity index (χ1n) is 5.70. The first kappa shape index (κ1) is 14.8. The number of rotatable bonds is 6. The molecule has 0 unspecified atom stereocenters. The van der Waals surface area contributed by atoms with Crippen LogP contribution in [-0.4, -0.2) is 27.8 Å². The van der Waals surface area contributed by atoms with Gasteiger partial charge in [0.25, 0.3) is 0 Å². The van der Waals surface area contributed by atoms with Gasteiger partial charge in [-0.05, 0) is 31.5 Å². The van der Waals surface area contributed by atoms with Gasteiger partial charge in [-0.3, -0.25) is 0 Å². The Morgan fingerprint density at radius 2 is 2.00 bits per heavy atom. The molecule has 5 nitrogen and oxygen atoms in total. The van der Waals surface area contributed by atoms with Crippen molar-refractivity contribution in [3.05, 3.63) is 23.8 Å². The fraction of sp³-hybridized carbons (Fsp3) is 0.500. The number of sulfonamides is 1. The third-order valence-electron chi connectivity index (χ3n) is 2.25. The van der Waals surface area contributed by atoms with Crippen molar-refractivity contribution in [3.63, 3.8) is 0 Å². The number of hydrogen-bond donors (Lipinski definition) is 2. The second-order valence-electron chi connectivity index (χ2n) is 4.43. The molecule has 2 N–H and O–H groups in total. The Labute approximate surface area is 109 Å². The maximum absolute atomic E-state index is 11.0. The zero-order valence-electron chi connectivity index (χ0n) is 11.1. The van der Waals surface area contributed by atoms with E-state index in [-0.39, 0.29) is 12.6 Å². The van der Waals surface area contributed by atoms with Crippen LogP contribution in [0.2, 0.25) is 0 Å². The molecule has 0 saturated carbocycles. The summed E-state index contributed by atoms with van der Waals surface area (Å²) in [6, 6.07) is 5.82. The molecule has 0 heterocycles. The second kappa shape index (κ2) is 6.06. The maximum atomic E-state index is 11.0. The minimum atomic E-state index is -3.18. The number of anilines is 1. The molecule has 18 heavy (non-hydrogen) atoms. The topological polar surface area (TPSA) is 67.4 Å². The molecule has 0 aliphatic heterocycles. The molecule has 1 rings (SSSR count). The van der Waals surface area contributed by atoms with E-state index in [0.717, 1.165) is 23.3 Å². The Balaban J connectivity index is 2.88. The van der Waals surface area contributed by atoms with E-state index in [2.05, 4.69) is 10.0 Å². The fourth-order valence-electron chi connectivity index (χ4n) is 1.50. The SMILES string of the molecule is COc1ccc(CNS(C)(=O)=O)cc1NC(C)C. The minimum absolute atomic E-state index is 0.273. The van der Waals surface area contributed by atoms with Gasteiger partial charge in [0.2, 0.25) is 10.0 Å². The summed E-state index contributed by atoms with van der Waals surface area (Å²) in [7, 11) is -1.57. The number of hydrogen-bond acceptors (Lipinski definition) is 4. The molecule has 1 aromatic rings. The highest BCUT2D eigenvalue weighted by Gasteiger charge is 2.07. The van der Waals surface area contributed by atoms with E-state index in [4.69, 9.17) is 4.74 Å². The molecular weight excluding hydrogens is 252 g/mol. The van der Waals surface area contributed by atoms with Gasteiger partial charge >= 0.3 is 0 Å². The molecule has 0 aliphatic rings. The van der Waals surface area contributed by atoms with E-state index in [1.807, 2.05) is 32.0 Å². The molecular formula is C12H20N2O3S. The van der Waals surface area contributed by atoms with Crippen LogP contribution < -0.4 is 14.8 Å². The highest BCUT2D eigenvalue weighted by Crippen LogP contribution is 2.26. The second-order valence-corrected chi connectivity index (χ2v) is 6.26. The third kappa shape index (κ3) is 4.93. The summed E-state index contributed by atoms with van der Waals surface area (Å²) in [5.41, 5.74) is 1.74. The first-order chi connectivity index (χ1) is 8.31. The summed E-state index contributed by atoms with van der Waals surface area (Å²) in [5.74, 6) is 0.742. The lowest BCUT2D eigenvalue weighted by Gasteiger charge is -2.15. The van der Waals surface area contributed by atoms with Crippen molar-refractivity contribution in [1.82, 2.24) is 4.72 Å². The highest BCUT2D eigenvalue weighted by atomic mass is 32.2. The lowest BCUT2D eigenvalue weighted by molar-refractivity contribution is 0.416. The van der Waals surface area contributed by atoms with Gasteiger partial charge in [-0.1, -0.05) is 6.07 Å². The Hall–Kier alpha value is -1.27. The molecule has 0 radical (unpaired) electrons. The van der Waals surface area contributed by atoms with Crippen molar-refractivity contribution in [2.75, 3.05) is 18.7 Å². The van der Waals surface area contributed by atoms with Gasteiger partial charge in [-0.2, -0.15) is 0 Å². The van der Waals surface area contributed by atoms with Crippen LogP contribution in [0.4, 0.5) is 5.69 Å². The van der Waals surface area contributed by atoms with Crippen molar-refractivity contribution < 1.29 is 13.2 Å². The average molecular weight is 272 g/mol. The maximum Gasteiger partial charge on any atom is 0.209 e. The van der Waals surface area contributed by atoms with Crippen LogP contribution in [0, 0.1) is 0 Å². The Morgan fingerprint density at radius 1 is 1.33 bits per heavy atom. The van der Waals surface area contributed by atoms with Crippen LogP contribution in [0.3, 0.4) is 0 Å². The minimum Gasteiger partial charge on any atom is -0.495 e. The highest BCUT2D eigenvalue weighted by molar-refractivity contribution is 7.88. The van der Waals surface area contributed by atoms with E-state index in [1.54, 1.807) is 7.11 Å². The third-order valence-corrected chi connectivity index (χ3v) is 2.92. The van der Waals surface area contributed by atoms with Crippen LogP contribution >= 0.6 is 0 Å². The van der Waals surface area contributed by atoms with Gasteiger partial charge in [0, 0.05) is 12.6 Å². The van der Waals surface area contributed by atoms with Crippen LogP contribution in [-0.2, 0) is 16.6 Å². The molecule has 0 spiro atoms. The average Bonchev–Trinajstić information content (AvgIpc) is 2.25. The molecule has 0 saturated heterocycles. The predicted octanol–water partition coefficient (Wildman–Crippen LogP) is 1.56. The predicted molar refractivity (Wildman–Crippen MR) is 73.4 cm³/mol. The summed E-state index contributed by atoms with van der Waals surface area (Å²) >= 11 is 0. The Bertz CT molecular complexity index is 498.